The van der Waals surface area contributed by atoms with Crippen LogP contribution < -0.4 is 0 Å². The van der Waals surface area contributed by atoms with Gasteiger partial charge in [-0.25, -0.2) is 0 Å². The normalized spacial score (nSPS) is 23.1. The lowest BCUT2D eigenvalue weighted by Crippen LogP contribution is -2.18. The minimum Gasteiger partial charge on any atom is -0.126 e. The first kappa shape index (κ1) is 10.9. The fourth-order valence-corrected chi connectivity index (χ4v) is 3.65. The summed E-state index contributed by atoms with van der Waals surface area (Å²) in [6.07, 6.45) is 0. The van der Waals surface area contributed by atoms with Crippen molar-refractivity contribution in [3.8, 4) is 0 Å². The van der Waals surface area contributed by atoms with Crippen LogP contribution in [0.15, 0.2) is 59.5 Å². The summed E-state index contributed by atoms with van der Waals surface area (Å²) in [5.41, 5.74) is 2.83. The third-order valence-corrected chi connectivity index (χ3v) is 4.61. The van der Waals surface area contributed by atoms with Crippen LogP contribution in [0.4, 0.5) is 0 Å². The summed E-state index contributed by atoms with van der Waals surface area (Å²) in [6, 6.07) is 19.5. The van der Waals surface area contributed by atoms with E-state index < -0.39 is 0 Å². The molecule has 0 aliphatic carbocycles. The predicted octanol–water partition coefficient (Wildman–Crippen LogP) is 4.37. The van der Waals surface area contributed by atoms with Crippen LogP contribution in [-0.4, -0.2) is 5.75 Å². The first-order valence-electron chi connectivity index (χ1n) is 5.96. The zero-order valence-electron chi connectivity index (χ0n) is 9.67. The molecule has 2 aromatic rings. The highest BCUT2D eigenvalue weighted by Crippen LogP contribution is 2.43. The molecule has 0 amide bonds. The van der Waals surface area contributed by atoms with Gasteiger partial charge in [-0.3, -0.25) is 0 Å². The molecule has 0 aromatic heterocycles. The van der Waals surface area contributed by atoms with Gasteiger partial charge in [0.25, 0.3) is 0 Å². The van der Waals surface area contributed by atoms with E-state index in [0.29, 0.717) is 11.8 Å². The Morgan fingerprint density at radius 2 is 1.65 bits per heavy atom. The molecule has 0 fully saturated rings. The van der Waals surface area contributed by atoms with Gasteiger partial charge in [0.2, 0.25) is 0 Å². The zero-order valence-corrected chi connectivity index (χ0v) is 10.5. The lowest BCUT2D eigenvalue weighted by atomic mass is 9.82. The molecule has 0 saturated carbocycles. The third-order valence-electron chi connectivity index (χ3n) is 3.34. The second kappa shape index (κ2) is 4.58. The number of hydrogen-bond acceptors (Lipinski definition) is 1. The molecule has 1 radical (unpaired) electrons. The van der Waals surface area contributed by atoms with Crippen LogP contribution in [0.25, 0.3) is 0 Å². The summed E-state index contributed by atoms with van der Waals surface area (Å²) in [7, 11) is 0. The molecule has 0 saturated heterocycles. The first-order chi connectivity index (χ1) is 8.36. The van der Waals surface area contributed by atoms with E-state index in [0.717, 1.165) is 5.75 Å². The molecule has 2 unspecified atom stereocenters. The predicted molar refractivity (Wildman–Crippen MR) is 74.3 cm³/mol. The van der Waals surface area contributed by atoms with Crippen molar-refractivity contribution in [1.29, 1.82) is 0 Å². The molecular formula is C16H15S. The molecule has 3 rings (SSSR count). The van der Waals surface area contributed by atoms with Crippen LogP contribution in [0.5, 0.6) is 0 Å². The minimum atomic E-state index is 0.452. The van der Waals surface area contributed by atoms with Crippen molar-refractivity contribution in [2.75, 3.05) is 5.75 Å². The monoisotopic (exact) mass is 239 g/mol. The molecule has 2 aromatic carbocycles. The Kier molecular flexibility index (Phi) is 2.94. The molecule has 0 nitrogen and oxygen atoms in total. The average Bonchev–Trinajstić information content (AvgIpc) is 2.39. The molecule has 85 valence electrons. The van der Waals surface area contributed by atoms with Gasteiger partial charge in [0.15, 0.2) is 0 Å². The maximum Gasteiger partial charge on any atom is 0.0137 e. The van der Waals surface area contributed by atoms with Crippen molar-refractivity contribution in [1.82, 2.24) is 0 Å². The molecule has 1 heterocycles. The summed E-state index contributed by atoms with van der Waals surface area (Å²) in [6.45, 7) is 4.33. The Morgan fingerprint density at radius 1 is 0.941 bits per heavy atom. The van der Waals surface area contributed by atoms with Gasteiger partial charge >= 0.3 is 0 Å². The SMILES string of the molecule is [CH2]C1CSc2ccccc2C1c1ccccc1. The van der Waals surface area contributed by atoms with E-state index in [1.165, 1.54) is 16.0 Å². The highest BCUT2D eigenvalue weighted by Gasteiger charge is 2.27. The van der Waals surface area contributed by atoms with E-state index in [4.69, 9.17) is 0 Å². The molecular weight excluding hydrogens is 224 g/mol. The topological polar surface area (TPSA) is 0 Å². The minimum absolute atomic E-state index is 0.452. The van der Waals surface area contributed by atoms with Crippen molar-refractivity contribution >= 4 is 11.8 Å². The van der Waals surface area contributed by atoms with E-state index in [9.17, 15) is 0 Å². The Morgan fingerprint density at radius 3 is 2.47 bits per heavy atom. The number of fused-ring (bicyclic) bond motifs is 1. The Bertz CT molecular complexity index is 504. The maximum atomic E-state index is 4.33. The highest BCUT2D eigenvalue weighted by atomic mass is 32.2. The Labute approximate surface area is 107 Å². The number of thioether (sulfide) groups is 1. The fraction of sp³-hybridized carbons (Fsp3) is 0.188. The van der Waals surface area contributed by atoms with E-state index in [-0.39, 0.29) is 0 Å². The van der Waals surface area contributed by atoms with Crippen LogP contribution in [0.3, 0.4) is 0 Å². The summed E-state index contributed by atoms with van der Waals surface area (Å²) in [5.74, 6) is 2.02. The third kappa shape index (κ3) is 2.00. The van der Waals surface area contributed by atoms with Crippen LogP contribution in [0, 0.1) is 12.8 Å². The summed E-state index contributed by atoms with van der Waals surface area (Å²) >= 11 is 1.93. The average molecular weight is 239 g/mol. The Hall–Kier alpha value is -1.21. The summed E-state index contributed by atoms with van der Waals surface area (Å²) < 4.78 is 0. The molecule has 0 N–H and O–H groups in total. The number of hydrogen-bond donors (Lipinski definition) is 0. The number of rotatable bonds is 1. The Balaban J connectivity index is 2.10. The lowest BCUT2D eigenvalue weighted by molar-refractivity contribution is 0.610. The van der Waals surface area contributed by atoms with E-state index in [1.54, 1.807) is 0 Å². The van der Waals surface area contributed by atoms with Gasteiger partial charge in [-0.1, -0.05) is 48.5 Å². The maximum absolute atomic E-state index is 4.33. The van der Waals surface area contributed by atoms with Crippen molar-refractivity contribution in [2.24, 2.45) is 5.92 Å². The van der Waals surface area contributed by atoms with Crippen LogP contribution in [0.1, 0.15) is 17.0 Å². The van der Waals surface area contributed by atoms with Crippen molar-refractivity contribution in [2.45, 2.75) is 10.8 Å². The largest absolute Gasteiger partial charge is 0.126 e. The highest BCUT2D eigenvalue weighted by molar-refractivity contribution is 7.99. The van der Waals surface area contributed by atoms with Crippen LogP contribution in [0.2, 0.25) is 0 Å². The van der Waals surface area contributed by atoms with Gasteiger partial charge in [0.1, 0.15) is 0 Å². The first-order valence-corrected chi connectivity index (χ1v) is 6.94. The van der Waals surface area contributed by atoms with Gasteiger partial charge < -0.3 is 0 Å². The van der Waals surface area contributed by atoms with Crippen molar-refractivity contribution < 1.29 is 0 Å². The van der Waals surface area contributed by atoms with Gasteiger partial charge in [-0.2, -0.15) is 0 Å². The van der Waals surface area contributed by atoms with Crippen molar-refractivity contribution in [3.05, 3.63) is 72.6 Å². The van der Waals surface area contributed by atoms with E-state index >= 15 is 0 Å². The van der Waals surface area contributed by atoms with E-state index in [1.807, 2.05) is 11.8 Å². The lowest BCUT2D eigenvalue weighted by Gasteiger charge is -2.31. The molecule has 0 spiro atoms. The van der Waals surface area contributed by atoms with Gasteiger partial charge in [-0.15, -0.1) is 11.8 Å². The molecule has 1 aliphatic heterocycles. The molecule has 1 aliphatic rings. The van der Waals surface area contributed by atoms with Crippen LogP contribution in [-0.2, 0) is 0 Å². The standard InChI is InChI=1S/C16H15S/c1-12-11-17-15-10-6-5-9-14(15)16(12)13-7-3-2-4-8-13/h2-10,12,16H,1,11H2. The smallest absolute Gasteiger partial charge is 0.0137 e. The molecule has 1 heteroatoms. The van der Waals surface area contributed by atoms with E-state index in [2.05, 4.69) is 61.5 Å². The summed E-state index contributed by atoms with van der Waals surface area (Å²) in [5, 5.41) is 0. The second-order valence-electron chi connectivity index (χ2n) is 4.50. The quantitative estimate of drug-likeness (QED) is 0.712. The molecule has 0 bridgehead atoms. The second-order valence-corrected chi connectivity index (χ2v) is 5.56. The molecule has 17 heavy (non-hydrogen) atoms. The van der Waals surface area contributed by atoms with Crippen LogP contribution >= 0.6 is 11.8 Å². The number of benzene rings is 2. The fourth-order valence-electron chi connectivity index (χ4n) is 2.53. The van der Waals surface area contributed by atoms with Gasteiger partial charge in [-0.05, 0) is 30.0 Å². The molecule has 2 atom stereocenters. The zero-order chi connectivity index (χ0) is 11.7. The summed E-state index contributed by atoms with van der Waals surface area (Å²) in [4.78, 5) is 1.42. The van der Waals surface area contributed by atoms with Crippen molar-refractivity contribution in [3.63, 3.8) is 0 Å². The van der Waals surface area contributed by atoms with Gasteiger partial charge in [0.05, 0.1) is 0 Å². The van der Waals surface area contributed by atoms with Gasteiger partial charge in [0, 0.05) is 16.6 Å².